The number of hydrogen-bond donors (Lipinski definition) is 0. The standard InChI is InChI=1S/C29H17F9N2O2/c30-27(31,32)20-13-11-17(12-14-20)24(23-22(28(33,34)35)10-5-15-39-23)40(26(42)29(36,37)38)21-9-4-8-19(16-21)25(41)18-6-2-1-3-7-18/h1-16,24H. The lowest BCUT2D eigenvalue weighted by Crippen LogP contribution is -2.44. The Morgan fingerprint density at radius 2 is 1.29 bits per heavy atom. The van der Waals surface area contributed by atoms with E-state index in [4.69, 9.17) is 0 Å². The minimum atomic E-state index is -5.66. The van der Waals surface area contributed by atoms with E-state index in [0.717, 1.165) is 30.5 Å². The molecule has 0 saturated carbocycles. The van der Waals surface area contributed by atoms with E-state index in [1.807, 2.05) is 0 Å². The highest BCUT2D eigenvalue weighted by Gasteiger charge is 2.48. The van der Waals surface area contributed by atoms with Crippen LogP contribution in [0.1, 0.15) is 44.3 Å². The minimum Gasteiger partial charge on any atom is -0.291 e. The maximum absolute atomic E-state index is 14.0. The van der Waals surface area contributed by atoms with Gasteiger partial charge in [-0.05, 0) is 42.0 Å². The fourth-order valence-electron chi connectivity index (χ4n) is 4.23. The first-order valence-corrected chi connectivity index (χ1v) is 11.9. The summed E-state index contributed by atoms with van der Waals surface area (Å²) in [6, 6.07) is 13.0. The molecule has 4 rings (SSSR count). The van der Waals surface area contributed by atoms with Gasteiger partial charge in [-0.3, -0.25) is 19.5 Å². The molecule has 4 aromatic rings. The zero-order valence-corrected chi connectivity index (χ0v) is 20.9. The third kappa shape index (κ3) is 6.45. The smallest absolute Gasteiger partial charge is 0.291 e. The van der Waals surface area contributed by atoms with Crippen LogP contribution in [0.4, 0.5) is 45.2 Å². The molecule has 0 aliphatic carbocycles. The SMILES string of the molecule is O=C(c1ccccc1)c1cccc(N(C(=O)C(F)(F)F)C(c2ccc(C(F)(F)F)cc2)c2ncccc2C(F)(F)F)c1. The number of carbonyl (C=O) groups is 2. The number of rotatable bonds is 6. The molecule has 1 unspecified atom stereocenters. The third-order valence-electron chi connectivity index (χ3n) is 6.10. The summed E-state index contributed by atoms with van der Waals surface area (Å²) in [5.41, 5.74) is -5.10. The third-order valence-corrected chi connectivity index (χ3v) is 6.10. The molecule has 0 radical (unpaired) electrons. The number of halogens is 9. The summed E-state index contributed by atoms with van der Waals surface area (Å²) in [6.45, 7) is 0. The van der Waals surface area contributed by atoms with Crippen LogP contribution in [0.5, 0.6) is 0 Å². The van der Waals surface area contributed by atoms with E-state index < -0.39 is 64.3 Å². The van der Waals surface area contributed by atoms with E-state index in [1.54, 1.807) is 6.07 Å². The average molecular weight is 596 g/mol. The van der Waals surface area contributed by atoms with Gasteiger partial charge in [0.25, 0.3) is 0 Å². The number of pyridine rings is 1. The van der Waals surface area contributed by atoms with E-state index in [9.17, 15) is 49.1 Å². The second-order valence-corrected chi connectivity index (χ2v) is 8.87. The van der Waals surface area contributed by atoms with E-state index in [-0.39, 0.29) is 16.0 Å². The maximum atomic E-state index is 14.0. The lowest BCUT2D eigenvalue weighted by atomic mass is 9.95. The molecule has 0 saturated heterocycles. The molecular formula is C29H17F9N2O2. The van der Waals surface area contributed by atoms with Gasteiger partial charge >= 0.3 is 24.4 Å². The van der Waals surface area contributed by atoms with Gasteiger partial charge in [0.2, 0.25) is 0 Å². The summed E-state index contributed by atoms with van der Waals surface area (Å²) >= 11 is 0. The Hall–Kier alpha value is -4.68. The number of alkyl halides is 9. The van der Waals surface area contributed by atoms with Gasteiger partial charge in [0.05, 0.1) is 16.8 Å². The monoisotopic (exact) mass is 596 g/mol. The number of ketones is 1. The molecule has 1 aromatic heterocycles. The highest BCUT2D eigenvalue weighted by Crippen LogP contribution is 2.42. The van der Waals surface area contributed by atoms with Gasteiger partial charge in [0.15, 0.2) is 5.78 Å². The van der Waals surface area contributed by atoms with Crippen molar-refractivity contribution < 1.29 is 49.1 Å². The van der Waals surface area contributed by atoms with Gasteiger partial charge in [-0.25, -0.2) is 0 Å². The van der Waals surface area contributed by atoms with Crippen molar-refractivity contribution in [3.05, 3.63) is 131 Å². The van der Waals surface area contributed by atoms with E-state index in [2.05, 4.69) is 4.98 Å². The van der Waals surface area contributed by atoms with Crippen LogP contribution in [0.3, 0.4) is 0 Å². The molecule has 0 aliphatic heterocycles. The molecule has 3 aromatic carbocycles. The van der Waals surface area contributed by atoms with Crippen LogP contribution in [-0.2, 0) is 17.1 Å². The van der Waals surface area contributed by atoms with Gasteiger partial charge in [0.1, 0.15) is 6.04 Å². The molecule has 4 nitrogen and oxygen atoms in total. The summed E-state index contributed by atoms with van der Waals surface area (Å²) < 4.78 is 124. The number of carbonyl (C=O) groups excluding carboxylic acids is 2. The molecule has 0 aliphatic rings. The fourth-order valence-corrected chi connectivity index (χ4v) is 4.23. The van der Waals surface area contributed by atoms with Gasteiger partial charge in [-0.2, -0.15) is 39.5 Å². The maximum Gasteiger partial charge on any atom is 0.471 e. The van der Waals surface area contributed by atoms with Crippen LogP contribution >= 0.6 is 0 Å². The van der Waals surface area contributed by atoms with Crippen molar-refractivity contribution in [2.24, 2.45) is 0 Å². The van der Waals surface area contributed by atoms with Gasteiger partial charge in [-0.15, -0.1) is 0 Å². The molecular weight excluding hydrogens is 579 g/mol. The molecule has 1 atom stereocenters. The molecule has 0 fully saturated rings. The zero-order valence-electron chi connectivity index (χ0n) is 20.9. The lowest BCUT2D eigenvalue weighted by molar-refractivity contribution is -0.171. The second kappa shape index (κ2) is 11.3. The Morgan fingerprint density at radius 3 is 1.86 bits per heavy atom. The van der Waals surface area contributed by atoms with Crippen LogP contribution in [0, 0.1) is 0 Å². The van der Waals surface area contributed by atoms with Crippen molar-refractivity contribution in [2.75, 3.05) is 4.90 Å². The number of amides is 1. The summed E-state index contributed by atoms with van der Waals surface area (Å²) in [5.74, 6) is -3.31. The van der Waals surface area contributed by atoms with Gasteiger partial charge in [0, 0.05) is 23.0 Å². The lowest BCUT2D eigenvalue weighted by Gasteiger charge is -2.34. The quantitative estimate of drug-likeness (QED) is 0.167. The molecule has 0 bridgehead atoms. The summed E-state index contributed by atoms with van der Waals surface area (Å²) in [5, 5.41) is 0. The zero-order chi connectivity index (χ0) is 30.9. The Balaban J connectivity index is 2.00. The van der Waals surface area contributed by atoms with Crippen molar-refractivity contribution in [1.82, 2.24) is 4.98 Å². The van der Waals surface area contributed by atoms with Gasteiger partial charge < -0.3 is 0 Å². The van der Waals surface area contributed by atoms with Crippen LogP contribution in [0.15, 0.2) is 97.2 Å². The van der Waals surface area contributed by atoms with Crippen molar-refractivity contribution in [3.8, 4) is 0 Å². The first kappa shape index (κ1) is 30.3. The highest BCUT2D eigenvalue weighted by molar-refractivity contribution is 6.10. The first-order valence-electron chi connectivity index (χ1n) is 11.9. The van der Waals surface area contributed by atoms with Crippen LogP contribution in [0.2, 0.25) is 0 Å². The van der Waals surface area contributed by atoms with E-state index >= 15 is 0 Å². The Kier molecular flexibility index (Phi) is 8.15. The van der Waals surface area contributed by atoms with Crippen molar-refractivity contribution in [1.29, 1.82) is 0 Å². The fraction of sp³-hybridized carbons (Fsp3) is 0.138. The Bertz CT molecular complexity index is 1580. The second-order valence-electron chi connectivity index (χ2n) is 8.87. The number of nitrogens with zero attached hydrogens (tertiary/aromatic N) is 2. The summed E-state index contributed by atoms with van der Waals surface area (Å²) in [7, 11) is 0. The molecule has 0 spiro atoms. The molecule has 13 heteroatoms. The molecule has 0 N–H and O–H groups in total. The van der Waals surface area contributed by atoms with Crippen LogP contribution < -0.4 is 4.90 Å². The summed E-state index contributed by atoms with van der Waals surface area (Å²) in [6.07, 6.45) is -14.9. The van der Waals surface area contributed by atoms with Gasteiger partial charge in [-0.1, -0.05) is 54.6 Å². The predicted molar refractivity (Wildman–Crippen MR) is 132 cm³/mol. The highest BCUT2D eigenvalue weighted by atomic mass is 19.4. The first-order chi connectivity index (χ1) is 19.6. The van der Waals surface area contributed by atoms with E-state index in [0.29, 0.717) is 30.3 Å². The Morgan fingerprint density at radius 1 is 0.667 bits per heavy atom. The number of aromatic nitrogens is 1. The van der Waals surface area contributed by atoms with Crippen molar-refractivity contribution in [3.63, 3.8) is 0 Å². The van der Waals surface area contributed by atoms with Crippen molar-refractivity contribution >= 4 is 17.4 Å². The normalized spacial score (nSPS) is 13.0. The largest absolute Gasteiger partial charge is 0.471 e. The molecule has 1 heterocycles. The molecule has 218 valence electrons. The number of anilines is 1. The predicted octanol–water partition coefficient (Wildman–Crippen LogP) is 8.04. The van der Waals surface area contributed by atoms with Crippen LogP contribution in [-0.4, -0.2) is 22.9 Å². The minimum absolute atomic E-state index is 0.0536. The molecule has 1 amide bonds. The average Bonchev–Trinajstić information content (AvgIpc) is 2.94. The van der Waals surface area contributed by atoms with Crippen LogP contribution in [0.25, 0.3) is 0 Å². The van der Waals surface area contributed by atoms with Crippen molar-refractivity contribution in [2.45, 2.75) is 24.6 Å². The number of benzene rings is 3. The number of hydrogen-bond acceptors (Lipinski definition) is 3. The topological polar surface area (TPSA) is 50.3 Å². The summed E-state index contributed by atoms with van der Waals surface area (Å²) in [4.78, 5) is 29.5. The molecule has 42 heavy (non-hydrogen) atoms. The van der Waals surface area contributed by atoms with E-state index in [1.165, 1.54) is 30.3 Å². The Labute approximate surface area is 232 Å².